The molecule has 0 aliphatic heterocycles. The maximum Gasteiger partial charge on any atom is 0.676 e. The van der Waals surface area contributed by atoms with Crippen molar-refractivity contribution in [2.45, 2.75) is 59.3 Å². The first kappa shape index (κ1) is 35.7. The van der Waals surface area contributed by atoms with Crippen LogP contribution in [-0.2, 0) is 35.0 Å². The first-order valence-corrected chi connectivity index (χ1v) is 9.84. The summed E-state index contributed by atoms with van der Waals surface area (Å²) in [6.45, 7) is 7.78. The predicted octanol–water partition coefficient (Wildman–Crippen LogP) is 1.69. The van der Waals surface area contributed by atoms with E-state index >= 15 is 0 Å². The second-order valence-corrected chi connectivity index (χ2v) is 6.04. The van der Waals surface area contributed by atoms with E-state index in [2.05, 4.69) is 20.8 Å². The van der Waals surface area contributed by atoms with Crippen molar-refractivity contribution in [3.8, 4) is 0 Å². The van der Waals surface area contributed by atoms with Gasteiger partial charge in [-0.2, -0.15) is 0 Å². The Balaban J connectivity index is -0.000000153. The molecule has 0 saturated heterocycles. The number of unbranched alkanes of at least 4 members (excludes halogenated alkanes) is 3. The number of hydrogen-bond acceptors (Lipinski definition) is 7. The number of aliphatic hydroxyl groups excluding tert-OH is 3. The van der Waals surface area contributed by atoms with E-state index in [0.29, 0.717) is 19.8 Å². The third-order valence-corrected chi connectivity index (χ3v) is 4.05. The predicted molar refractivity (Wildman–Crippen MR) is 95.0 cm³/mol. The molecule has 0 aromatic carbocycles. The summed E-state index contributed by atoms with van der Waals surface area (Å²) in [6, 6.07) is 0. The summed E-state index contributed by atoms with van der Waals surface area (Å²) in [5.41, 5.74) is 0. The molecule has 0 radical (unpaired) electrons. The van der Waals surface area contributed by atoms with Crippen LogP contribution in [0.25, 0.3) is 0 Å². The standard InChI is InChI=1S/C12H28O4Si.3CH4O.Ti/c1-4-7-10-14-17(13,15-11-8-5-2)16-12-9-6-3;3*1-2;/h13H,4-12H2,1-3H3;3*2H,1H3;. The van der Waals surface area contributed by atoms with Gasteiger partial charge in [0.05, 0.1) is 0 Å². The van der Waals surface area contributed by atoms with Gasteiger partial charge in [-0.3, -0.25) is 0 Å². The molecule has 0 aromatic heterocycles. The first-order valence-electron chi connectivity index (χ1n) is 8.16. The Labute approximate surface area is 164 Å². The van der Waals surface area contributed by atoms with E-state index in [0.717, 1.165) is 59.9 Å². The average Bonchev–Trinajstić information content (AvgIpc) is 2.61. The van der Waals surface area contributed by atoms with Crippen LogP contribution in [0.4, 0.5) is 0 Å². The summed E-state index contributed by atoms with van der Waals surface area (Å²) in [4.78, 5) is 10.2. The molecular weight excluding hydrogens is 368 g/mol. The van der Waals surface area contributed by atoms with Crippen LogP contribution in [0, 0.1) is 0 Å². The molecule has 4 N–H and O–H groups in total. The Bertz CT molecular complexity index is 153. The fraction of sp³-hybridized carbons (Fsp3) is 1.00. The molecule has 0 rings (SSSR count). The molecule has 0 aliphatic carbocycles. The van der Waals surface area contributed by atoms with Crippen molar-refractivity contribution in [1.82, 2.24) is 0 Å². The molecule has 0 saturated carbocycles. The molecule has 150 valence electrons. The summed E-state index contributed by atoms with van der Waals surface area (Å²) in [5.74, 6) is 0. The van der Waals surface area contributed by atoms with Crippen molar-refractivity contribution in [1.29, 1.82) is 0 Å². The molecule has 0 spiro atoms. The third kappa shape index (κ3) is 30.5. The fourth-order valence-electron chi connectivity index (χ4n) is 1.16. The van der Waals surface area contributed by atoms with Gasteiger partial charge in [-0.05, 0) is 19.3 Å². The molecule has 0 atom stereocenters. The van der Waals surface area contributed by atoms with E-state index in [4.69, 9.17) is 28.6 Å². The summed E-state index contributed by atoms with van der Waals surface area (Å²) in [7, 11) is -0.361. The van der Waals surface area contributed by atoms with Crippen molar-refractivity contribution in [2.24, 2.45) is 0 Å². The number of aliphatic hydroxyl groups is 3. The van der Waals surface area contributed by atoms with E-state index < -0.39 is 9.05 Å². The third-order valence-electron chi connectivity index (χ3n) is 2.35. The van der Waals surface area contributed by atoms with Gasteiger partial charge in [0.25, 0.3) is 0 Å². The van der Waals surface area contributed by atoms with Crippen LogP contribution in [0.1, 0.15) is 59.3 Å². The Morgan fingerprint density at radius 1 is 0.583 bits per heavy atom. The second-order valence-electron chi connectivity index (χ2n) is 4.13. The van der Waals surface area contributed by atoms with Crippen LogP contribution in [0.2, 0.25) is 0 Å². The van der Waals surface area contributed by atoms with Gasteiger partial charge in [0, 0.05) is 62.9 Å². The quantitative estimate of drug-likeness (QED) is 0.287. The van der Waals surface area contributed by atoms with Crippen molar-refractivity contribution in [3.05, 3.63) is 0 Å². The molecule has 0 heterocycles. The van der Waals surface area contributed by atoms with Crippen LogP contribution in [-0.4, -0.2) is 70.3 Å². The van der Waals surface area contributed by atoms with E-state index in [1.807, 2.05) is 0 Å². The Kier molecular flexibility index (Phi) is 51.9. The topological polar surface area (TPSA) is 109 Å². The zero-order chi connectivity index (χ0) is 19.0. The molecular formula is C15H40O7SiTi. The van der Waals surface area contributed by atoms with Gasteiger partial charge in [-0.1, -0.05) is 40.0 Å². The number of hydrogen-bond donors (Lipinski definition) is 4. The Morgan fingerprint density at radius 3 is 0.958 bits per heavy atom. The normalized spacial score (nSPS) is 9.25. The van der Waals surface area contributed by atoms with Gasteiger partial charge in [-0.25, -0.2) is 0 Å². The summed E-state index contributed by atoms with van der Waals surface area (Å²) in [5, 5.41) is 21.0. The van der Waals surface area contributed by atoms with Gasteiger partial charge in [0.1, 0.15) is 0 Å². The SMILES string of the molecule is CCCCO[Si](O)(OCCCC)OCCCC.CO.CO.CO.[Ti]. The van der Waals surface area contributed by atoms with E-state index in [1.54, 1.807) is 0 Å². The minimum atomic E-state index is -3.36. The van der Waals surface area contributed by atoms with Crippen LogP contribution in [0.5, 0.6) is 0 Å². The molecule has 0 amide bonds. The minimum absolute atomic E-state index is 0. The minimum Gasteiger partial charge on any atom is -0.400 e. The molecule has 0 bridgehead atoms. The van der Waals surface area contributed by atoms with Crippen LogP contribution < -0.4 is 0 Å². The first-order chi connectivity index (χ1) is 11.2. The zero-order valence-corrected chi connectivity index (χ0v) is 18.9. The smallest absolute Gasteiger partial charge is 0.400 e. The number of rotatable bonds is 12. The van der Waals surface area contributed by atoms with Gasteiger partial charge in [0.15, 0.2) is 0 Å². The van der Waals surface area contributed by atoms with E-state index in [-0.39, 0.29) is 21.7 Å². The molecule has 0 fully saturated rings. The molecule has 0 aliphatic rings. The molecule has 24 heavy (non-hydrogen) atoms. The Morgan fingerprint density at radius 2 is 0.792 bits per heavy atom. The largest absolute Gasteiger partial charge is 0.676 e. The average molecular weight is 408 g/mol. The molecule has 0 unspecified atom stereocenters. The maximum absolute atomic E-state index is 10.2. The molecule has 0 aromatic rings. The maximum atomic E-state index is 10.2. The summed E-state index contributed by atoms with van der Waals surface area (Å²) >= 11 is 0. The van der Waals surface area contributed by atoms with Crippen LogP contribution in [0.3, 0.4) is 0 Å². The monoisotopic (exact) mass is 408 g/mol. The summed E-state index contributed by atoms with van der Waals surface area (Å²) in [6.07, 6.45) is 5.87. The van der Waals surface area contributed by atoms with Crippen LogP contribution >= 0.6 is 0 Å². The van der Waals surface area contributed by atoms with Gasteiger partial charge in [0.2, 0.25) is 0 Å². The Hall–Kier alpha value is 0.651. The fourth-order valence-corrected chi connectivity index (χ4v) is 2.62. The second kappa shape index (κ2) is 34.9. The van der Waals surface area contributed by atoms with E-state index in [9.17, 15) is 4.80 Å². The zero-order valence-electron chi connectivity index (χ0n) is 16.4. The summed E-state index contributed by atoms with van der Waals surface area (Å²) < 4.78 is 16.2. The molecule has 7 nitrogen and oxygen atoms in total. The van der Waals surface area contributed by atoms with Crippen LogP contribution in [0.15, 0.2) is 0 Å². The van der Waals surface area contributed by atoms with Crippen molar-refractivity contribution in [3.63, 3.8) is 0 Å². The van der Waals surface area contributed by atoms with Gasteiger partial charge in [-0.15, -0.1) is 0 Å². The van der Waals surface area contributed by atoms with Crippen molar-refractivity contribution >= 4 is 9.05 Å². The van der Waals surface area contributed by atoms with E-state index in [1.165, 1.54) is 0 Å². The van der Waals surface area contributed by atoms with Crippen molar-refractivity contribution < 1.29 is 55.1 Å². The van der Waals surface area contributed by atoms with Gasteiger partial charge < -0.3 is 33.4 Å². The van der Waals surface area contributed by atoms with Gasteiger partial charge >= 0.3 is 9.05 Å². The van der Waals surface area contributed by atoms with Crippen molar-refractivity contribution in [2.75, 3.05) is 41.2 Å². The molecule has 9 heteroatoms.